The summed E-state index contributed by atoms with van der Waals surface area (Å²) in [6.45, 7) is 3.91. The van der Waals surface area contributed by atoms with Crippen molar-refractivity contribution >= 4 is 22.4 Å². The Kier molecular flexibility index (Phi) is 3.88. The van der Waals surface area contributed by atoms with E-state index in [1.54, 1.807) is 6.33 Å². The molecule has 0 radical (unpaired) electrons. The van der Waals surface area contributed by atoms with Gasteiger partial charge in [-0.25, -0.2) is 9.97 Å². The SMILES string of the molecule is c1ncc2cc(N3CCN(c4cc5c(nn4)CCCC5)CC3)ccc2n1. The first-order chi connectivity index (χ1) is 12.9. The lowest BCUT2D eigenvalue weighted by molar-refractivity contribution is 0.626. The molecule has 0 spiro atoms. The molecular formula is C20H22N6. The average Bonchev–Trinajstić information content (AvgIpc) is 2.73. The van der Waals surface area contributed by atoms with Crippen molar-refractivity contribution in [3.63, 3.8) is 0 Å². The Bertz CT molecular complexity index is 932. The molecule has 5 rings (SSSR count). The molecule has 1 aliphatic carbocycles. The third kappa shape index (κ3) is 2.85. The second kappa shape index (κ2) is 6.52. The second-order valence-corrected chi connectivity index (χ2v) is 7.12. The normalized spacial score (nSPS) is 17.4. The lowest BCUT2D eigenvalue weighted by atomic mass is 9.97. The maximum absolute atomic E-state index is 4.50. The van der Waals surface area contributed by atoms with Crippen LogP contribution < -0.4 is 9.80 Å². The summed E-state index contributed by atoms with van der Waals surface area (Å²) in [5, 5.41) is 10.1. The van der Waals surface area contributed by atoms with Gasteiger partial charge < -0.3 is 9.80 Å². The molecule has 0 N–H and O–H groups in total. The minimum atomic E-state index is 0.969. The quantitative estimate of drug-likeness (QED) is 0.711. The van der Waals surface area contributed by atoms with Crippen LogP contribution in [-0.2, 0) is 12.8 Å². The summed E-state index contributed by atoms with van der Waals surface area (Å²) in [6.07, 6.45) is 8.23. The van der Waals surface area contributed by atoms with Crippen molar-refractivity contribution < 1.29 is 0 Å². The van der Waals surface area contributed by atoms with Crippen molar-refractivity contribution in [2.24, 2.45) is 0 Å². The molecule has 2 aliphatic rings. The summed E-state index contributed by atoms with van der Waals surface area (Å²) >= 11 is 0. The Hall–Kier alpha value is -2.76. The number of anilines is 2. The Morgan fingerprint density at radius 3 is 2.62 bits per heavy atom. The summed E-state index contributed by atoms with van der Waals surface area (Å²) in [5.74, 6) is 1.04. The standard InChI is InChI=1S/C20H22N6/c1-2-4-19-15(3-1)12-20(24-23-19)26-9-7-25(8-10-26)17-5-6-18-16(11-17)13-21-14-22-18/h5-6,11-14H,1-4,7-10H2. The Morgan fingerprint density at radius 2 is 1.69 bits per heavy atom. The van der Waals surface area contributed by atoms with Crippen molar-refractivity contribution in [2.75, 3.05) is 36.0 Å². The third-order valence-electron chi connectivity index (χ3n) is 5.51. The minimum absolute atomic E-state index is 0.969. The fraction of sp³-hybridized carbons (Fsp3) is 0.400. The molecule has 0 unspecified atom stereocenters. The molecule has 2 aromatic heterocycles. The van der Waals surface area contributed by atoms with Crippen molar-refractivity contribution in [2.45, 2.75) is 25.7 Å². The molecule has 132 valence electrons. The van der Waals surface area contributed by atoms with Crippen molar-refractivity contribution in [3.8, 4) is 0 Å². The Morgan fingerprint density at radius 1 is 0.846 bits per heavy atom. The van der Waals surface area contributed by atoms with Gasteiger partial charge in [0.2, 0.25) is 0 Å². The van der Waals surface area contributed by atoms with E-state index in [0.29, 0.717) is 0 Å². The molecule has 6 nitrogen and oxygen atoms in total. The topological polar surface area (TPSA) is 58.0 Å². The van der Waals surface area contributed by atoms with Gasteiger partial charge in [0.15, 0.2) is 5.82 Å². The molecule has 1 aromatic carbocycles. The molecule has 0 saturated carbocycles. The van der Waals surface area contributed by atoms with E-state index in [0.717, 1.165) is 55.7 Å². The highest BCUT2D eigenvalue weighted by Crippen LogP contribution is 2.25. The van der Waals surface area contributed by atoms with Gasteiger partial charge in [0, 0.05) is 43.4 Å². The fourth-order valence-electron chi connectivity index (χ4n) is 4.00. The average molecular weight is 346 g/mol. The molecule has 1 fully saturated rings. The van der Waals surface area contributed by atoms with Crippen molar-refractivity contribution in [1.82, 2.24) is 20.2 Å². The van der Waals surface area contributed by atoms with E-state index in [1.165, 1.54) is 29.8 Å². The zero-order chi connectivity index (χ0) is 17.3. The lowest BCUT2D eigenvalue weighted by Gasteiger charge is -2.36. The molecule has 1 saturated heterocycles. The zero-order valence-electron chi connectivity index (χ0n) is 14.8. The van der Waals surface area contributed by atoms with Crippen molar-refractivity contribution in [1.29, 1.82) is 0 Å². The monoisotopic (exact) mass is 346 g/mol. The molecule has 0 bridgehead atoms. The van der Waals surface area contributed by atoms with Crippen LogP contribution >= 0.6 is 0 Å². The number of nitrogens with zero attached hydrogens (tertiary/aromatic N) is 6. The summed E-state index contributed by atoms with van der Waals surface area (Å²) in [5.41, 5.74) is 4.84. The molecule has 3 heterocycles. The predicted molar refractivity (Wildman–Crippen MR) is 103 cm³/mol. The molecule has 6 heteroatoms. The Balaban J connectivity index is 1.31. The van der Waals surface area contributed by atoms with Gasteiger partial charge in [0.1, 0.15) is 6.33 Å². The van der Waals surface area contributed by atoms with Gasteiger partial charge in [0.25, 0.3) is 0 Å². The van der Waals surface area contributed by atoms with Crippen LogP contribution in [0.3, 0.4) is 0 Å². The van der Waals surface area contributed by atoms with E-state index in [9.17, 15) is 0 Å². The summed E-state index contributed by atoms with van der Waals surface area (Å²) in [7, 11) is 0. The maximum Gasteiger partial charge on any atom is 0.151 e. The van der Waals surface area contributed by atoms with Crippen LogP contribution in [0.25, 0.3) is 10.9 Å². The number of hydrogen-bond acceptors (Lipinski definition) is 6. The molecule has 26 heavy (non-hydrogen) atoms. The van der Waals surface area contributed by atoms with Crippen LogP contribution in [0.4, 0.5) is 11.5 Å². The minimum Gasteiger partial charge on any atom is -0.368 e. The first kappa shape index (κ1) is 15.5. The molecule has 1 aliphatic heterocycles. The number of aryl methyl sites for hydroxylation is 2. The van der Waals surface area contributed by atoms with E-state index in [2.05, 4.69) is 54.2 Å². The van der Waals surface area contributed by atoms with Gasteiger partial charge in [-0.15, -0.1) is 5.10 Å². The fourth-order valence-corrected chi connectivity index (χ4v) is 4.00. The molecule has 3 aromatic rings. The highest BCUT2D eigenvalue weighted by molar-refractivity contribution is 5.81. The predicted octanol–water partition coefficient (Wildman–Crippen LogP) is 2.63. The molecule has 0 atom stereocenters. The number of benzene rings is 1. The number of piperazine rings is 1. The number of aromatic nitrogens is 4. The van der Waals surface area contributed by atoms with E-state index in [1.807, 2.05) is 6.20 Å². The van der Waals surface area contributed by atoms with E-state index in [-0.39, 0.29) is 0 Å². The summed E-state index contributed by atoms with van der Waals surface area (Å²) < 4.78 is 0. The van der Waals surface area contributed by atoms with E-state index < -0.39 is 0 Å². The number of rotatable bonds is 2. The van der Waals surface area contributed by atoms with Crippen LogP contribution in [0.15, 0.2) is 36.8 Å². The van der Waals surface area contributed by atoms with Crippen LogP contribution in [0.5, 0.6) is 0 Å². The summed E-state index contributed by atoms with van der Waals surface area (Å²) in [6, 6.07) is 8.69. The van der Waals surface area contributed by atoms with Crippen LogP contribution in [0, 0.1) is 0 Å². The van der Waals surface area contributed by atoms with Gasteiger partial charge >= 0.3 is 0 Å². The van der Waals surface area contributed by atoms with Gasteiger partial charge in [0.05, 0.1) is 11.2 Å². The number of fused-ring (bicyclic) bond motifs is 2. The molecule has 0 amide bonds. The van der Waals surface area contributed by atoms with Crippen LogP contribution in [0.2, 0.25) is 0 Å². The molecular weight excluding hydrogens is 324 g/mol. The summed E-state index contributed by atoms with van der Waals surface area (Å²) in [4.78, 5) is 13.2. The zero-order valence-corrected chi connectivity index (χ0v) is 14.8. The van der Waals surface area contributed by atoms with Gasteiger partial charge in [-0.05, 0) is 55.5 Å². The van der Waals surface area contributed by atoms with Gasteiger partial charge in [-0.1, -0.05) is 0 Å². The van der Waals surface area contributed by atoms with Crippen molar-refractivity contribution in [3.05, 3.63) is 48.0 Å². The van der Waals surface area contributed by atoms with Crippen LogP contribution in [0.1, 0.15) is 24.1 Å². The highest BCUT2D eigenvalue weighted by Gasteiger charge is 2.21. The first-order valence-corrected chi connectivity index (χ1v) is 9.42. The van der Waals surface area contributed by atoms with E-state index >= 15 is 0 Å². The van der Waals surface area contributed by atoms with Crippen LogP contribution in [-0.4, -0.2) is 46.3 Å². The first-order valence-electron chi connectivity index (χ1n) is 9.42. The van der Waals surface area contributed by atoms with E-state index in [4.69, 9.17) is 0 Å². The third-order valence-corrected chi connectivity index (χ3v) is 5.51. The largest absolute Gasteiger partial charge is 0.368 e. The number of hydrogen-bond donors (Lipinski definition) is 0. The Labute approximate surface area is 152 Å². The second-order valence-electron chi connectivity index (χ2n) is 7.12. The highest BCUT2D eigenvalue weighted by atomic mass is 15.3. The lowest BCUT2D eigenvalue weighted by Crippen LogP contribution is -2.47. The van der Waals surface area contributed by atoms with Gasteiger partial charge in [-0.2, -0.15) is 5.10 Å². The maximum atomic E-state index is 4.50. The smallest absolute Gasteiger partial charge is 0.151 e. The van der Waals surface area contributed by atoms with Gasteiger partial charge in [-0.3, -0.25) is 0 Å².